The van der Waals surface area contributed by atoms with Crippen LogP contribution < -0.4 is 5.32 Å². The summed E-state index contributed by atoms with van der Waals surface area (Å²) >= 11 is 0. The van der Waals surface area contributed by atoms with Gasteiger partial charge in [-0.3, -0.25) is 9.78 Å². The Balaban J connectivity index is 1.72. The van der Waals surface area contributed by atoms with Crippen LogP contribution in [0.3, 0.4) is 0 Å². The quantitative estimate of drug-likeness (QED) is 0.510. The zero-order valence-electron chi connectivity index (χ0n) is 15.1. The lowest BCUT2D eigenvalue weighted by Gasteiger charge is -2.06. The number of amides is 1. The highest BCUT2D eigenvalue weighted by atomic mass is 32.2. The molecule has 0 radical (unpaired) electrons. The molecule has 0 spiro atoms. The number of hydrogen-bond donors (Lipinski definition) is 1. The third-order valence-corrected chi connectivity index (χ3v) is 6.22. The van der Waals surface area contributed by atoms with Crippen molar-refractivity contribution in [3.63, 3.8) is 0 Å². The van der Waals surface area contributed by atoms with Crippen molar-refractivity contribution < 1.29 is 17.6 Å². The number of benzene rings is 2. The molecular weight excluding hydrogens is 393 g/mol. The maximum atomic E-state index is 13.2. The maximum absolute atomic E-state index is 13.2. The molecule has 2 aromatic heterocycles. The van der Waals surface area contributed by atoms with E-state index in [0.717, 1.165) is 12.1 Å². The van der Waals surface area contributed by atoms with Crippen molar-refractivity contribution in [3.8, 4) is 0 Å². The highest BCUT2D eigenvalue weighted by molar-refractivity contribution is 7.91. The summed E-state index contributed by atoms with van der Waals surface area (Å²) in [6.45, 7) is -0.0751. The summed E-state index contributed by atoms with van der Waals surface area (Å²) in [5, 5.41) is 3.22. The number of halogens is 1. The van der Waals surface area contributed by atoms with Gasteiger partial charge < -0.3 is 9.88 Å². The highest BCUT2D eigenvalue weighted by Crippen LogP contribution is 2.30. The van der Waals surface area contributed by atoms with E-state index in [-0.39, 0.29) is 22.2 Å². The van der Waals surface area contributed by atoms with Crippen LogP contribution in [0.2, 0.25) is 0 Å². The van der Waals surface area contributed by atoms with E-state index in [9.17, 15) is 17.6 Å². The second kappa shape index (κ2) is 7.48. The predicted molar refractivity (Wildman–Crippen MR) is 107 cm³/mol. The van der Waals surface area contributed by atoms with Crippen LogP contribution in [0.1, 0.15) is 0 Å². The van der Waals surface area contributed by atoms with Crippen LogP contribution in [-0.4, -0.2) is 23.9 Å². The topological polar surface area (TPSA) is 81.1 Å². The van der Waals surface area contributed by atoms with Gasteiger partial charge in [-0.05, 0) is 42.5 Å². The van der Waals surface area contributed by atoms with Crippen LogP contribution in [0.25, 0.3) is 10.9 Å². The fourth-order valence-electron chi connectivity index (χ4n) is 3.09. The van der Waals surface area contributed by atoms with Gasteiger partial charge in [-0.15, -0.1) is 0 Å². The summed E-state index contributed by atoms with van der Waals surface area (Å²) in [6.07, 6.45) is 4.56. The highest BCUT2D eigenvalue weighted by Gasteiger charge is 2.24. The van der Waals surface area contributed by atoms with Crippen LogP contribution in [0.15, 0.2) is 89.0 Å². The van der Waals surface area contributed by atoms with Crippen molar-refractivity contribution in [2.45, 2.75) is 16.3 Å². The molecule has 0 aliphatic carbocycles. The normalized spacial score (nSPS) is 11.5. The van der Waals surface area contributed by atoms with Crippen molar-refractivity contribution in [2.24, 2.45) is 0 Å². The number of fused-ring (bicyclic) bond motifs is 1. The number of aromatic nitrogens is 2. The van der Waals surface area contributed by atoms with Gasteiger partial charge in [0.1, 0.15) is 12.4 Å². The predicted octanol–water partition coefficient (Wildman–Crippen LogP) is 3.65. The van der Waals surface area contributed by atoms with E-state index < -0.39 is 15.7 Å². The Kier molecular flexibility index (Phi) is 4.85. The van der Waals surface area contributed by atoms with Crippen LogP contribution in [0.4, 0.5) is 10.1 Å². The number of nitrogens with one attached hydrogen (secondary N) is 1. The first-order valence-corrected chi connectivity index (χ1v) is 10.2. The van der Waals surface area contributed by atoms with Crippen LogP contribution in [0.5, 0.6) is 0 Å². The number of carbonyl (C=O) groups is 1. The molecule has 146 valence electrons. The molecule has 0 bridgehead atoms. The molecule has 6 nitrogen and oxygen atoms in total. The van der Waals surface area contributed by atoms with Crippen molar-refractivity contribution in [1.82, 2.24) is 9.55 Å². The number of pyridine rings is 1. The molecule has 0 saturated carbocycles. The Morgan fingerprint density at radius 2 is 1.79 bits per heavy atom. The standard InChI is InChI=1S/C21H16FN3O3S/c22-15-7-9-17(10-8-15)29(27,28)20-13-25(19-6-2-1-5-18(19)20)14-21(26)24-16-4-3-11-23-12-16/h1-13H,14H2,(H,24,26). The zero-order chi connectivity index (χ0) is 20.4. The lowest BCUT2D eigenvalue weighted by molar-refractivity contribution is -0.116. The fraction of sp³-hybridized carbons (Fsp3) is 0.0476. The Morgan fingerprint density at radius 3 is 2.52 bits per heavy atom. The van der Waals surface area contributed by atoms with Gasteiger partial charge in [-0.2, -0.15) is 0 Å². The second-order valence-electron chi connectivity index (χ2n) is 6.39. The van der Waals surface area contributed by atoms with Crippen molar-refractivity contribution in [2.75, 3.05) is 5.32 Å². The van der Waals surface area contributed by atoms with Gasteiger partial charge in [-0.1, -0.05) is 18.2 Å². The molecular formula is C21H16FN3O3S. The maximum Gasteiger partial charge on any atom is 0.244 e. The lowest BCUT2D eigenvalue weighted by atomic mass is 10.2. The summed E-state index contributed by atoms with van der Waals surface area (Å²) in [5.74, 6) is -0.831. The molecule has 0 atom stereocenters. The number of sulfone groups is 1. The van der Waals surface area contributed by atoms with Gasteiger partial charge >= 0.3 is 0 Å². The average Bonchev–Trinajstić information content (AvgIpc) is 3.08. The van der Waals surface area contributed by atoms with Crippen LogP contribution >= 0.6 is 0 Å². The van der Waals surface area contributed by atoms with Gasteiger partial charge in [0, 0.05) is 23.3 Å². The minimum Gasteiger partial charge on any atom is -0.337 e. The number of para-hydroxylation sites is 1. The fourth-order valence-corrected chi connectivity index (χ4v) is 4.57. The van der Waals surface area contributed by atoms with Crippen molar-refractivity contribution in [3.05, 3.63) is 85.1 Å². The minimum atomic E-state index is -3.89. The number of carbonyl (C=O) groups excluding carboxylic acids is 1. The SMILES string of the molecule is O=C(Cn1cc(S(=O)(=O)c2ccc(F)cc2)c2ccccc21)Nc1cccnc1. The molecule has 0 unspecified atom stereocenters. The van der Waals surface area contributed by atoms with E-state index in [0.29, 0.717) is 16.6 Å². The molecule has 2 aromatic carbocycles. The monoisotopic (exact) mass is 409 g/mol. The Morgan fingerprint density at radius 1 is 1.03 bits per heavy atom. The van der Waals surface area contributed by atoms with Crippen molar-refractivity contribution >= 4 is 32.3 Å². The molecule has 29 heavy (non-hydrogen) atoms. The third-order valence-electron chi connectivity index (χ3n) is 4.42. The van der Waals surface area contributed by atoms with E-state index in [1.165, 1.54) is 24.5 Å². The summed E-state index contributed by atoms with van der Waals surface area (Å²) in [5.41, 5.74) is 1.16. The van der Waals surface area contributed by atoms with Crippen molar-refractivity contribution in [1.29, 1.82) is 0 Å². The first-order chi connectivity index (χ1) is 13.9. The molecule has 0 fully saturated rings. The molecule has 4 rings (SSSR count). The molecule has 1 amide bonds. The molecule has 8 heteroatoms. The van der Waals surface area contributed by atoms with Crippen LogP contribution in [-0.2, 0) is 21.2 Å². The average molecular weight is 409 g/mol. The first kappa shape index (κ1) is 18.8. The van der Waals surface area contributed by atoms with Gasteiger partial charge in [0.15, 0.2) is 0 Å². The van der Waals surface area contributed by atoms with E-state index in [1.807, 2.05) is 0 Å². The molecule has 2 heterocycles. The van der Waals surface area contributed by atoms with E-state index in [2.05, 4.69) is 10.3 Å². The summed E-state index contributed by atoms with van der Waals surface area (Å²) < 4.78 is 41.0. The number of rotatable bonds is 5. The van der Waals surface area contributed by atoms with Gasteiger partial charge in [0.25, 0.3) is 0 Å². The number of nitrogens with zero attached hydrogens (tertiary/aromatic N) is 2. The summed E-state index contributed by atoms with van der Waals surface area (Å²) in [4.78, 5) is 16.4. The van der Waals surface area contributed by atoms with Crippen LogP contribution in [0, 0.1) is 5.82 Å². The zero-order valence-corrected chi connectivity index (χ0v) is 15.9. The first-order valence-electron chi connectivity index (χ1n) is 8.73. The Hall–Kier alpha value is -3.52. The van der Waals surface area contributed by atoms with E-state index in [1.54, 1.807) is 47.2 Å². The third kappa shape index (κ3) is 3.74. The Labute approximate surface area is 166 Å². The molecule has 0 aliphatic heterocycles. The summed E-state index contributed by atoms with van der Waals surface area (Å²) in [7, 11) is -3.89. The minimum absolute atomic E-state index is 0.0124. The Bertz CT molecular complexity index is 1280. The molecule has 0 saturated heterocycles. The molecule has 1 N–H and O–H groups in total. The molecule has 0 aliphatic rings. The second-order valence-corrected chi connectivity index (χ2v) is 8.30. The van der Waals surface area contributed by atoms with Gasteiger partial charge in [0.05, 0.1) is 21.7 Å². The summed E-state index contributed by atoms with van der Waals surface area (Å²) in [6, 6.07) is 15.0. The van der Waals surface area contributed by atoms with Gasteiger partial charge in [-0.25, -0.2) is 12.8 Å². The van der Waals surface area contributed by atoms with E-state index in [4.69, 9.17) is 0 Å². The number of anilines is 1. The van der Waals surface area contributed by atoms with Gasteiger partial charge in [0.2, 0.25) is 15.7 Å². The number of hydrogen-bond acceptors (Lipinski definition) is 4. The largest absolute Gasteiger partial charge is 0.337 e. The lowest BCUT2D eigenvalue weighted by Crippen LogP contribution is -2.18. The molecule has 4 aromatic rings. The van der Waals surface area contributed by atoms with E-state index >= 15 is 0 Å². The smallest absolute Gasteiger partial charge is 0.244 e.